The van der Waals surface area contributed by atoms with Crippen LogP contribution in [0.4, 0.5) is 5.82 Å². The second-order valence-electron chi connectivity index (χ2n) is 7.68. The number of hydrogen-bond donors (Lipinski definition) is 2. The molecule has 0 bridgehead atoms. The smallest absolute Gasteiger partial charge is 0.152 e. The van der Waals surface area contributed by atoms with E-state index in [0.717, 1.165) is 86.2 Å². The van der Waals surface area contributed by atoms with Crippen LogP contribution in [0.5, 0.6) is 0 Å². The van der Waals surface area contributed by atoms with E-state index in [9.17, 15) is 0 Å². The molecule has 3 N–H and O–H groups in total. The Kier molecular flexibility index (Phi) is 9.06. The van der Waals surface area contributed by atoms with Gasteiger partial charge in [0.2, 0.25) is 0 Å². The number of methoxy groups -OCH3 is 1. The highest BCUT2D eigenvalue weighted by Crippen LogP contribution is 2.29. The van der Waals surface area contributed by atoms with Gasteiger partial charge in [-0.15, -0.1) is 0 Å². The van der Waals surface area contributed by atoms with Gasteiger partial charge in [-0.1, -0.05) is 32.0 Å². The zero-order valence-electron chi connectivity index (χ0n) is 19.2. The predicted molar refractivity (Wildman–Crippen MR) is 127 cm³/mol. The Bertz CT molecular complexity index is 950. The number of benzene rings is 1. The van der Waals surface area contributed by atoms with Crippen molar-refractivity contribution in [1.82, 2.24) is 19.9 Å². The fraction of sp³-hybridized carbons (Fsp3) is 0.583. The summed E-state index contributed by atoms with van der Waals surface area (Å²) in [7, 11) is 1.72. The molecule has 7 heteroatoms. The lowest BCUT2D eigenvalue weighted by Crippen LogP contribution is -2.35. The van der Waals surface area contributed by atoms with E-state index in [1.807, 2.05) is 32.0 Å². The van der Waals surface area contributed by atoms with Crippen molar-refractivity contribution in [2.24, 2.45) is 0 Å². The average Bonchev–Trinajstić information content (AvgIpc) is 3.19. The van der Waals surface area contributed by atoms with Gasteiger partial charge in [0.05, 0.1) is 17.6 Å². The Labute approximate surface area is 185 Å². The summed E-state index contributed by atoms with van der Waals surface area (Å²) in [6.07, 6.45) is 5.20. The average molecular weight is 428 g/mol. The number of anilines is 1. The van der Waals surface area contributed by atoms with Gasteiger partial charge in [-0.2, -0.15) is 0 Å². The van der Waals surface area contributed by atoms with Gasteiger partial charge >= 0.3 is 0 Å². The van der Waals surface area contributed by atoms with E-state index in [4.69, 9.17) is 20.2 Å². The molecule has 1 fully saturated rings. The van der Waals surface area contributed by atoms with Crippen LogP contribution in [0, 0.1) is 0 Å². The van der Waals surface area contributed by atoms with Crippen molar-refractivity contribution in [2.45, 2.75) is 58.5 Å². The Morgan fingerprint density at radius 1 is 1.16 bits per heavy atom. The first-order valence-electron chi connectivity index (χ1n) is 11.6. The number of fused-ring (bicyclic) bond motifs is 3. The molecule has 0 amide bonds. The molecule has 7 nitrogen and oxygen atoms in total. The molecule has 1 saturated heterocycles. The minimum Gasteiger partial charge on any atom is -0.384 e. The van der Waals surface area contributed by atoms with E-state index in [1.165, 1.54) is 0 Å². The minimum atomic E-state index is 0.498. The van der Waals surface area contributed by atoms with Gasteiger partial charge in [0.1, 0.15) is 11.3 Å². The lowest BCUT2D eigenvalue weighted by molar-refractivity contribution is 0.0780. The SMILES string of the molecule is CC.COCCc1nc2c(N)nc3ccccc3c2n1CCCCNC1CCOCC1. The van der Waals surface area contributed by atoms with Crippen LogP contribution >= 0.6 is 0 Å². The molecule has 0 spiro atoms. The van der Waals surface area contributed by atoms with Gasteiger partial charge in [-0.05, 0) is 38.3 Å². The van der Waals surface area contributed by atoms with Crippen LogP contribution in [-0.4, -0.2) is 54.1 Å². The first-order chi connectivity index (χ1) is 15.3. The van der Waals surface area contributed by atoms with E-state index in [1.54, 1.807) is 7.11 Å². The molecule has 0 radical (unpaired) electrons. The van der Waals surface area contributed by atoms with Crippen molar-refractivity contribution in [2.75, 3.05) is 39.2 Å². The number of hydrogen-bond acceptors (Lipinski definition) is 6. The zero-order valence-corrected chi connectivity index (χ0v) is 19.2. The molecule has 2 aromatic heterocycles. The lowest BCUT2D eigenvalue weighted by Gasteiger charge is -2.23. The number of nitrogens with zero attached hydrogens (tertiary/aromatic N) is 3. The molecule has 0 saturated carbocycles. The molecule has 0 aliphatic carbocycles. The molecule has 1 aliphatic rings. The van der Waals surface area contributed by atoms with Crippen LogP contribution in [0.25, 0.3) is 21.9 Å². The van der Waals surface area contributed by atoms with Crippen LogP contribution in [-0.2, 0) is 22.4 Å². The summed E-state index contributed by atoms with van der Waals surface area (Å²) in [5, 5.41) is 4.78. The number of imidazole rings is 1. The van der Waals surface area contributed by atoms with Crippen LogP contribution in [0.1, 0.15) is 45.4 Å². The summed E-state index contributed by atoms with van der Waals surface area (Å²) >= 11 is 0. The second kappa shape index (κ2) is 12.0. The number of nitrogen functional groups attached to an aromatic ring is 1. The fourth-order valence-corrected chi connectivity index (χ4v) is 4.13. The second-order valence-corrected chi connectivity index (χ2v) is 7.68. The number of unbranched alkanes of at least 4 members (excludes halogenated alkanes) is 1. The minimum absolute atomic E-state index is 0.498. The van der Waals surface area contributed by atoms with Crippen molar-refractivity contribution in [3.05, 3.63) is 30.1 Å². The summed E-state index contributed by atoms with van der Waals surface area (Å²) in [4.78, 5) is 9.39. The van der Waals surface area contributed by atoms with Gasteiger partial charge < -0.3 is 25.1 Å². The topological polar surface area (TPSA) is 87.2 Å². The lowest BCUT2D eigenvalue weighted by atomic mass is 10.1. The Balaban J connectivity index is 0.00000132. The van der Waals surface area contributed by atoms with E-state index in [0.29, 0.717) is 18.5 Å². The summed E-state index contributed by atoms with van der Waals surface area (Å²) in [6.45, 7) is 8.35. The molecular weight excluding hydrogens is 390 g/mol. The third-order valence-corrected chi connectivity index (χ3v) is 5.68. The molecule has 31 heavy (non-hydrogen) atoms. The van der Waals surface area contributed by atoms with Crippen molar-refractivity contribution in [3.8, 4) is 0 Å². The maximum absolute atomic E-state index is 6.25. The summed E-state index contributed by atoms with van der Waals surface area (Å²) < 4.78 is 13.1. The van der Waals surface area contributed by atoms with Crippen molar-refractivity contribution in [1.29, 1.82) is 0 Å². The highest BCUT2D eigenvalue weighted by Gasteiger charge is 2.17. The Morgan fingerprint density at radius 3 is 2.71 bits per heavy atom. The Hall–Kier alpha value is -2.22. The van der Waals surface area contributed by atoms with Crippen LogP contribution in [0.3, 0.4) is 0 Å². The van der Waals surface area contributed by atoms with Crippen molar-refractivity contribution < 1.29 is 9.47 Å². The van der Waals surface area contributed by atoms with Gasteiger partial charge in [0.25, 0.3) is 0 Å². The monoisotopic (exact) mass is 427 g/mol. The van der Waals surface area contributed by atoms with Gasteiger partial charge in [-0.25, -0.2) is 9.97 Å². The Morgan fingerprint density at radius 2 is 1.94 bits per heavy atom. The molecule has 4 rings (SSSR count). The molecule has 3 aromatic rings. The van der Waals surface area contributed by atoms with Crippen LogP contribution in [0.2, 0.25) is 0 Å². The quantitative estimate of drug-likeness (QED) is 0.503. The standard InChI is InChI=1S/C22H31N5O2.C2H6/c1-28-13-10-19-26-20-21(17-6-2-3-7-18(17)25-22(20)23)27(19)12-5-4-11-24-16-8-14-29-15-9-16;1-2/h2-3,6-7,16,24H,4-5,8-15H2,1H3,(H2,23,25);1-2H3. The fourth-order valence-electron chi connectivity index (χ4n) is 4.13. The van der Waals surface area contributed by atoms with Crippen molar-refractivity contribution in [3.63, 3.8) is 0 Å². The number of nitrogens with two attached hydrogens (primary N) is 1. The number of aryl methyl sites for hydroxylation is 1. The number of rotatable bonds is 9. The third kappa shape index (κ3) is 5.73. The zero-order chi connectivity index (χ0) is 22.1. The summed E-state index contributed by atoms with van der Waals surface area (Å²) in [5.74, 6) is 1.52. The molecule has 1 aliphatic heterocycles. The van der Waals surface area contributed by atoms with E-state index >= 15 is 0 Å². The third-order valence-electron chi connectivity index (χ3n) is 5.68. The van der Waals surface area contributed by atoms with Crippen LogP contribution in [0.15, 0.2) is 24.3 Å². The molecule has 1 aromatic carbocycles. The van der Waals surface area contributed by atoms with Gasteiger partial charge in [0, 0.05) is 44.7 Å². The molecule has 170 valence electrons. The number of para-hydroxylation sites is 1. The largest absolute Gasteiger partial charge is 0.384 e. The van der Waals surface area contributed by atoms with Gasteiger partial charge in [-0.3, -0.25) is 0 Å². The predicted octanol–water partition coefficient (Wildman–Crippen LogP) is 3.93. The number of aromatic nitrogens is 3. The normalized spacial score (nSPS) is 14.7. The number of ether oxygens (including phenoxy) is 2. The maximum Gasteiger partial charge on any atom is 0.152 e. The first kappa shape index (κ1) is 23.4. The number of nitrogens with one attached hydrogen (secondary N) is 1. The van der Waals surface area contributed by atoms with Crippen molar-refractivity contribution >= 4 is 27.8 Å². The van der Waals surface area contributed by atoms with E-state index in [-0.39, 0.29) is 0 Å². The molecule has 0 atom stereocenters. The van der Waals surface area contributed by atoms with Crippen LogP contribution < -0.4 is 11.1 Å². The molecular formula is C24H37N5O2. The highest BCUT2D eigenvalue weighted by atomic mass is 16.5. The summed E-state index contributed by atoms with van der Waals surface area (Å²) in [6, 6.07) is 8.76. The molecule has 3 heterocycles. The highest BCUT2D eigenvalue weighted by molar-refractivity contribution is 6.06. The first-order valence-corrected chi connectivity index (χ1v) is 11.6. The maximum atomic E-state index is 6.25. The van der Waals surface area contributed by atoms with Gasteiger partial charge in [0.15, 0.2) is 5.82 Å². The number of pyridine rings is 1. The van der Waals surface area contributed by atoms with E-state index in [2.05, 4.69) is 20.9 Å². The summed E-state index contributed by atoms with van der Waals surface area (Å²) in [5.41, 5.74) is 9.06. The molecule has 0 unspecified atom stereocenters. The van der Waals surface area contributed by atoms with E-state index < -0.39 is 0 Å².